The third-order valence-electron chi connectivity index (χ3n) is 4.27. The molecule has 0 radical (unpaired) electrons. The number of imidazole rings is 1. The number of carbonyl (C=O) groups is 2. The molecule has 2 heterocycles. The van der Waals surface area contributed by atoms with E-state index in [4.69, 9.17) is 5.26 Å². The number of rotatable bonds is 3. The van der Waals surface area contributed by atoms with Crippen LogP contribution in [-0.2, 0) is 13.0 Å². The maximum absolute atomic E-state index is 12.8. The number of nitriles is 1. The normalized spacial score (nSPS) is 13.4. The highest BCUT2D eigenvalue weighted by Gasteiger charge is 2.29. The van der Waals surface area contributed by atoms with Gasteiger partial charge in [0.1, 0.15) is 0 Å². The van der Waals surface area contributed by atoms with Gasteiger partial charge in [0.05, 0.1) is 17.3 Å². The predicted molar refractivity (Wildman–Crippen MR) is 101 cm³/mol. The van der Waals surface area contributed by atoms with Crippen LogP contribution in [0.15, 0.2) is 24.3 Å². The SMILES string of the molecule is CC(C)(C)NC(=O)c1nc(C(=O)Nc2cccc(C#N)c2)c2n1CCCC2. The minimum Gasteiger partial charge on any atom is -0.345 e. The summed E-state index contributed by atoms with van der Waals surface area (Å²) in [5, 5.41) is 14.7. The highest BCUT2D eigenvalue weighted by Crippen LogP contribution is 2.23. The summed E-state index contributed by atoms with van der Waals surface area (Å²) >= 11 is 0. The molecule has 0 unspecified atom stereocenters. The molecule has 7 nitrogen and oxygen atoms in total. The lowest BCUT2D eigenvalue weighted by Crippen LogP contribution is -2.42. The maximum atomic E-state index is 12.8. The smallest absolute Gasteiger partial charge is 0.287 e. The summed E-state index contributed by atoms with van der Waals surface area (Å²) in [6.07, 6.45) is 2.61. The summed E-state index contributed by atoms with van der Waals surface area (Å²) in [4.78, 5) is 29.8. The number of fused-ring (bicyclic) bond motifs is 1. The molecular weight excluding hydrogens is 342 g/mol. The van der Waals surface area contributed by atoms with Crippen LogP contribution in [0.1, 0.15) is 66.0 Å². The highest BCUT2D eigenvalue weighted by atomic mass is 16.2. The number of benzene rings is 1. The zero-order valence-electron chi connectivity index (χ0n) is 15.8. The molecule has 7 heteroatoms. The number of hydrogen-bond acceptors (Lipinski definition) is 4. The van der Waals surface area contributed by atoms with Crippen molar-refractivity contribution in [1.82, 2.24) is 14.9 Å². The first-order valence-corrected chi connectivity index (χ1v) is 9.02. The highest BCUT2D eigenvalue weighted by molar-refractivity contribution is 6.05. The monoisotopic (exact) mass is 365 g/mol. The first-order chi connectivity index (χ1) is 12.8. The Morgan fingerprint density at radius 2 is 2.00 bits per heavy atom. The molecule has 2 N–H and O–H groups in total. The van der Waals surface area contributed by atoms with E-state index in [1.807, 2.05) is 31.4 Å². The van der Waals surface area contributed by atoms with Crippen LogP contribution in [0.5, 0.6) is 0 Å². The molecule has 1 aliphatic heterocycles. The Labute approximate surface area is 158 Å². The summed E-state index contributed by atoms with van der Waals surface area (Å²) in [5.74, 6) is -0.378. The van der Waals surface area contributed by atoms with Crippen LogP contribution in [0.4, 0.5) is 5.69 Å². The molecule has 2 amide bonds. The number of amides is 2. The van der Waals surface area contributed by atoms with Crippen molar-refractivity contribution in [2.24, 2.45) is 0 Å². The first kappa shape index (κ1) is 18.6. The first-order valence-electron chi connectivity index (χ1n) is 9.02. The van der Waals surface area contributed by atoms with Crippen molar-refractivity contribution >= 4 is 17.5 Å². The van der Waals surface area contributed by atoms with Crippen LogP contribution < -0.4 is 10.6 Å². The van der Waals surface area contributed by atoms with Crippen LogP contribution in [0.3, 0.4) is 0 Å². The van der Waals surface area contributed by atoms with Crippen LogP contribution in [0.25, 0.3) is 0 Å². The minimum absolute atomic E-state index is 0.274. The van der Waals surface area contributed by atoms with Crippen molar-refractivity contribution in [2.45, 2.75) is 52.1 Å². The predicted octanol–water partition coefficient (Wildman–Crippen LogP) is 2.87. The molecule has 27 heavy (non-hydrogen) atoms. The number of nitrogens with one attached hydrogen (secondary N) is 2. The Hall–Kier alpha value is -3.14. The van der Waals surface area contributed by atoms with Crippen LogP contribution in [-0.4, -0.2) is 26.9 Å². The van der Waals surface area contributed by atoms with E-state index in [0.717, 1.165) is 18.5 Å². The molecule has 1 aliphatic rings. The third kappa shape index (κ3) is 4.17. The zero-order valence-corrected chi connectivity index (χ0v) is 15.8. The second kappa shape index (κ2) is 7.23. The maximum Gasteiger partial charge on any atom is 0.287 e. The number of hydrogen-bond donors (Lipinski definition) is 2. The molecule has 0 fully saturated rings. The lowest BCUT2D eigenvalue weighted by molar-refractivity contribution is 0.0903. The van der Waals surface area contributed by atoms with Crippen molar-refractivity contribution in [3.63, 3.8) is 0 Å². The fraction of sp³-hybridized carbons (Fsp3) is 0.400. The molecule has 0 aliphatic carbocycles. The van der Waals surface area contributed by atoms with E-state index in [2.05, 4.69) is 15.6 Å². The van der Waals surface area contributed by atoms with E-state index in [-0.39, 0.29) is 23.3 Å². The minimum atomic E-state index is -0.391. The fourth-order valence-electron chi connectivity index (χ4n) is 3.15. The van der Waals surface area contributed by atoms with Gasteiger partial charge in [0.2, 0.25) is 0 Å². The molecule has 2 aromatic rings. The molecular formula is C20H23N5O2. The van der Waals surface area contributed by atoms with Crippen LogP contribution in [0, 0.1) is 11.3 Å². The Morgan fingerprint density at radius 3 is 2.70 bits per heavy atom. The molecule has 0 saturated heterocycles. The Morgan fingerprint density at radius 1 is 1.22 bits per heavy atom. The van der Waals surface area contributed by atoms with E-state index in [1.54, 1.807) is 24.3 Å². The Bertz CT molecular complexity index is 931. The van der Waals surface area contributed by atoms with Gasteiger partial charge in [-0.2, -0.15) is 5.26 Å². The van der Waals surface area contributed by atoms with E-state index in [1.165, 1.54) is 0 Å². The molecule has 1 aromatic heterocycles. The van der Waals surface area contributed by atoms with Crippen molar-refractivity contribution in [3.05, 3.63) is 47.0 Å². The molecule has 1 aromatic carbocycles. The average Bonchev–Trinajstić information content (AvgIpc) is 3.00. The Balaban J connectivity index is 1.92. The molecule has 0 saturated carbocycles. The van der Waals surface area contributed by atoms with E-state index in [9.17, 15) is 9.59 Å². The van der Waals surface area contributed by atoms with Gasteiger partial charge in [0.25, 0.3) is 11.8 Å². The zero-order chi connectivity index (χ0) is 19.6. The van der Waals surface area contributed by atoms with E-state index < -0.39 is 5.54 Å². The third-order valence-corrected chi connectivity index (χ3v) is 4.27. The largest absolute Gasteiger partial charge is 0.345 e. The number of aromatic nitrogens is 2. The second-order valence-corrected chi connectivity index (χ2v) is 7.69. The number of anilines is 1. The van der Waals surface area contributed by atoms with Gasteiger partial charge in [0.15, 0.2) is 11.5 Å². The van der Waals surface area contributed by atoms with Gasteiger partial charge >= 0.3 is 0 Å². The van der Waals surface area contributed by atoms with Gasteiger partial charge in [-0.1, -0.05) is 6.07 Å². The summed E-state index contributed by atoms with van der Waals surface area (Å²) in [5.41, 5.74) is 1.66. The fourth-order valence-corrected chi connectivity index (χ4v) is 3.15. The van der Waals surface area contributed by atoms with Crippen molar-refractivity contribution in [2.75, 3.05) is 5.32 Å². The van der Waals surface area contributed by atoms with Crippen LogP contribution >= 0.6 is 0 Å². The quantitative estimate of drug-likeness (QED) is 0.873. The molecule has 140 valence electrons. The number of nitrogens with zero attached hydrogens (tertiary/aromatic N) is 3. The van der Waals surface area contributed by atoms with Gasteiger partial charge in [0, 0.05) is 17.8 Å². The molecule has 0 spiro atoms. The molecule has 0 atom stereocenters. The van der Waals surface area contributed by atoms with Gasteiger partial charge < -0.3 is 15.2 Å². The summed E-state index contributed by atoms with van der Waals surface area (Å²) in [7, 11) is 0. The molecule has 0 bridgehead atoms. The summed E-state index contributed by atoms with van der Waals surface area (Å²) < 4.78 is 1.85. The average molecular weight is 365 g/mol. The van der Waals surface area contributed by atoms with Crippen molar-refractivity contribution in [3.8, 4) is 6.07 Å². The standard InChI is InChI=1S/C20H23N5O2/c1-20(2,3)24-19(27)17-23-16(15-9-4-5-10-25(15)17)18(26)22-14-8-6-7-13(11-14)12-21/h6-8,11H,4-5,9-10H2,1-3H3,(H,22,26)(H,24,27). The van der Waals surface area contributed by atoms with Crippen molar-refractivity contribution in [1.29, 1.82) is 5.26 Å². The van der Waals surface area contributed by atoms with E-state index >= 15 is 0 Å². The van der Waals surface area contributed by atoms with Gasteiger partial charge in [-0.3, -0.25) is 9.59 Å². The van der Waals surface area contributed by atoms with Crippen molar-refractivity contribution < 1.29 is 9.59 Å². The van der Waals surface area contributed by atoms with Gasteiger partial charge in [-0.15, -0.1) is 0 Å². The number of carbonyl (C=O) groups excluding carboxylic acids is 2. The topological polar surface area (TPSA) is 99.8 Å². The lowest BCUT2D eigenvalue weighted by Gasteiger charge is -2.22. The lowest BCUT2D eigenvalue weighted by atomic mass is 10.1. The van der Waals surface area contributed by atoms with E-state index in [0.29, 0.717) is 24.2 Å². The summed E-state index contributed by atoms with van der Waals surface area (Å²) in [6.45, 7) is 6.38. The molecule has 3 rings (SSSR count). The van der Waals surface area contributed by atoms with Gasteiger partial charge in [-0.05, 0) is 58.2 Å². The Kier molecular flexibility index (Phi) is 5.00. The second-order valence-electron chi connectivity index (χ2n) is 7.69. The van der Waals surface area contributed by atoms with Gasteiger partial charge in [-0.25, -0.2) is 4.98 Å². The summed E-state index contributed by atoms with van der Waals surface area (Å²) in [6, 6.07) is 8.75. The van der Waals surface area contributed by atoms with Crippen LogP contribution in [0.2, 0.25) is 0 Å².